The monoisotopic (exact) mass is 336 g/mol. The molecule has 1 atom stereocenters. The van der Waals surface area contributed by atoms with Gasteiger partial charge >= 0.3 is 0 Å². The Kier molecular flexibility index (Phi) is 6.72. The second-order valence-electron chi connectivity index (χ2n) is 6.00. The summed E-state index contributed by atoms with van der Waals surface area (Å²) in [6.45, 7) is 10.2. The van der Waals surface area contributed by atoms with Crippen LogP contribution in [-0.4, -0.2) is 75.4 Å². The zero-order chi connectivity index (χ0) is 17.5. The Hall–Kier alpha value is -1.96. The van der Waals surface area contributed by atoms with Crippen molar-refractivity contribution in [2.45, 2.75) is 46.2 Å². The van der Waals surface area contributed by atoms with Crippen LogP contribution in [0.25, 0.3) is 0 Å². The van der Waals surface area contributed by atoms with Crippen LogP contribution >= 0.6 is 0 Å². The number of nitrogens with zero attached hydrogens (tertiary/aromatic N) is 5. The highest BCUT2D eigenvalue weighted by Gasteiger charge is 2.24. The van der Waals surface area contributed by atoms with Crippen LogP contribution in [0.2, 0.25) is 0 Å². The minimum atomic E-state index is -0.237. The summed E-state index contributed by atoms with van der Waals surface area (Å²) in [5, 5.41) is 10.7. The maximum absolute atomic E-state index is 12.2. The van der Waals surface area contributed by atoms with Crippen molar-refractivity contribution in [3.05, 3.63) is 11.9 Å². The molecule has 2 amide bonds. The summed E-state index contributed by atoms with van der Waals surface area (Å²) in [6, 6.07) is 0.401. The molecule has 0 spiro atoms. The molecule has 1 aliphatic rings. The number of likely N-dealkylation sites (N-methyl/N-ethyl adjacent to an activating group) is 2. The summed E-state index contributed by atoms with van der Waals surface area (Å²) < 4.78 is 1.42. The van der Waals surface area contributed by atoms with Gasteiger partial charge < -0.3 is 10.2 Å². The minimum absolute atomic E-state index is 0.0265. The fourth-order valence-corrected chi connectivity index (χ4v) is 3.14. The first-order chi connectivity index (χ1) is 11.6. The van der Waals surface area contributed by atoms with Crippen LogP contribution in [0.4, 0.5) is 0 Å². The first kappa shape index (κ1) is 18.4. The number of rotatable bonds is 8. The number of nitrogens with one attached hydrogen (secondary N) is 1. The van der Waals surface area contributed by atoms with Crippen LogP contribution in [0.1, 0.15) is 44.1 Å². The van der Waals surface area contributed by atoms with Crippen LogP contribution in [-0.2, 0) is 11.3 Å². The first-order valence-corrected chi connectivity index (χ1v) is 8.79. The van der Waals surface area contributed by atoms with Gasteiger partial charge in [0.25, 0.3) is 5.91 Å². The van der Waals surface area contributed by atoms with E-state index in [1.807, 2.05) is 13.8 Å². The highest BCUT2D eigenvalue weighted by atomic mass is 16.2. The van der Waals surface area contributed by atoms with E-state index < -0.39 is 0 Å². The second-order valence-corrected chi connectivity index (χ2v) is 6.00. The Morgan fingerprint density at radius 1 is 1.33 bits per heavy atom. The SMILES string of the molecule is CCN(CC)C(=O)Cn1cc(C(=O)NCC2CCCN2CC)nn1. The topological polar surface area (TPSA) is 83.4 Å². The van der Waals surface area contributed by atoms with Crippen molar-refractivity contribution in [2.75, 3.05) is 32.7 Å². The number of aromatic nitrogens is 3. The molecule has 0 saturated carbocycles. The smallest absolute Gasteiger partial charge is 0.273 e. The molecular formula is C16H28N6O2. The molecule has 8 nitrogen and oxygen atoms in total. The van der Waals surface area contributed by atoms with Gasteiger partial charge in [0, 0.05) is 25.7 Å². The van der Waals surface area contributed by atoms with E-state index in [1.165, 1.54) is 17.3 Å². The Bertz CT molecular complexity index is 555. The molecule has 1 N–H and O–H groups in total. The molecule has 0 aliphatic carbocycles. The lowest BCUT2D eigenvalue weighted by molar-refractivity contribution is -0.131. The molecule has 1 aliphatic heterocycles. The standard InChI is InChI=1S/C16H28N6O2/c1-4-20(5-2)15(23)12-22-11-14(18-19-22)16(24)17-10-13-8-7-9-21(13)6-3/h11,13H,4-10,12H2,1-3H3,(H,17,24). The molecule has 2 rings (SSSR count). The highest BCUT2D eigenvalue weighted by Crippen LogP contribution is 2.15. The normalized spacial score (nSPS) is 17.9. The van der Waals surface area contributed by atoms with E-state index in [4.69, 9.17) is 0 Å². The third kappa shape index (κ3) is 4.53. The molecule has 0 aromatic carbocycles. The van der Waals surface area contributed by atoms with Gasteiger partial charge in [-0.3, -0.25) is 14.5 Å². The molecule has 1 fully saturated rings. The summed E-state index contributed by atoms with van der Waals surface area (Å²) in [6.07, 6.45) is 3.82. The van der Waals surface area contributed by atoms with Crippen LogP contribution < -0.4 is 5.32 Å². The summed E-state index contributed by atoms with van der Waals surface area (Å²) in [4.78, 5) is 28.4. The molecular weight excluding hydrogens is 308 g/mol. The van der Waals surface area contributed by atoms with E-state index in [9.17, 15) is 9.59 Å². The molecule has 0 bridgehead atoms. The van der Waals surface area contributed by atoms with Crippen molar-refractivity contribution in [1.29, 1.82) is 0 Å². The van der Waals surface area contributed by atoms with Crippen LogP contribution in [0.5, 0.6) is 0 Å². The molecule has 1 saturated heterocycles. The molecule has 2 heterocycles. The Morgan fingerprint density at radius 2 is 2.08 bits per heavy atom. The predicted octanol–water partition coefficient (Wildman–Crippen LogP) is 0.361. The van der Waals surface area contributed by atoms with E-state index >= 15 is 0 Å². The molecule has 134 valence electrons. The fraction of sp³-hybridized carbons (Fsp3) is 0.750. The third-order valence-electron chi connectivity index (χ3n) is 4.59. The third-order valence-corrected chi connectivity index (χ3v) is 4.59. The molecule has 1 aromatic heterocycles. The van der Waals surface area contributed by atoms with E-state index in [0.717, 1.165) is 19.5 Å². The van der Waals surface area contributed by atoms with E-state index in [2.05, 4.69) is 27.5 Å². The van der Waals surface area contributed by atoms with Crippen LogP contribution in [0, 0.1) is 0 Å². The Morgan fingerprint density at radius 3 is 2.75 bits per heavy atom. The number of carbonyl (C=O) groups is 2. The molecule has 8 heteroatoms. The summed E-state index contributed by atoms with van der Waals surface area (Å²) in [5.74, 6) is -0.263. The van der Waals surface area contributed by atoms with Crippen LogP contribution in [0.15, 0.2) is 6.20 Å². The zero-order valence-corrected chi connectivity index (χ0v) is 14.9. The van der Waals surface area contributed by atoms with Gasteiger partial charge in [-0.2, -0.15) is 0 Å². The summed E-state index contributed by atoms with van der Waals surface area (Å²) >= 11 is 0. The van der Waals surface area contributed by atoms with Gasteiger partial charge in [-0.25, -0.2) is 4.68 Å². The summed E-state index contributed by atoms with van der Waals surface area (Å²) in [5.41, 5.74) is 0.253. The van der Waals surface area contributed by atoms with Gasteiger partial charge in [-0.15, -0.1) is 5.10 Å². The van der Waals surface area contributed by atoms with Gasteiger partial charge in [0.15, 0.2) is 5.69 Å². The van der Waals surface area contributed by atoms with Crippen molar-refractivity contribution < 1.29 is 9.59 Å². The molecule has 0 radical (unpaired) electrons. The minimum Gasteiger partial charge on any atom is -0.349 e. The first-order valence-electron chi connectivity index (χ1n) is 8.79. The quantitative estimate of drug-likeness (QED) is 0.741. The van der Waals surface area contributed by atoms with E-state index in [1.54, 1.807) is 4.90 Å². The van der Waals surface area contributed by atoms with Gasteiger partial charge in [0.1, 0.15) is 6.54 Å². The van der Waals surface area contributed by atoms with E-state index in [-0.39, 0.29) is 24.1 Å². The zero-order valence-electron chi connectivity index (χ0n) is 14.9. The van der Waals surface area contributed by atoms with Gasteiger partial charge in [-0.05, 0) is 39.8 Å². The van der Waals surface area contributed by atoms with E-state index in [0.29, 0.717) is 25.7 Å². The van der Waals surface area contributed by atoms with Gasteiger partial charge in [0.05, 0.1) is 6.20 Å². The number of carbonyl (C=O) groups excluding carboxylic acids is 2. The number of amides is 2. The maximum Gasteiger partial charge on any atom is 0.273 e. The number of hydrogen-bond acceptors (Lipinski definition) is 5. The van der Waals surface area contributed by atoms with Gasteiger partial charge in [0.2, 0.25) is 5.91 Å². The summed E-state index contributed by atoms with van der Waals surface area (Å²) in [7, 11) is 0. The Balaban J connectivity index is 1.85. The van der Waals surface area contributed by atoms with Crippen molar-refractivity contribution in [1.82, 2.24) is 30.1 Å². The maximum atomic E-state index is 12.2. The average Bonchev–Trinajstić information content (AvgIpc) is 3.22. The number of likely N-dealkylation sites (tertiary alicyclic amines) is 1. The van der Waals surface area contributed by atoms with Crippen molar-refractivity contribution >= 4 is 11.8 Å². The Labute approximate surface area is 143 Å². The second kappa shape index (κ2) is 8.77. The average molecular weight is 336 g/mol. The largest absolute Gasteiger partial charge is 0.349 e. The van der Waals surface area contributed by atoms with Crippen molar-refractivity contribution in [3.8, 4) is 0 Å². The van der Waals surface area contributed by atoms with Crippen molar-refractivity contribution in [3.63, 3.8) is 0 Å². The molecule has 1 aromatic rings. The number of hydrogen-bond donors (Lipinski definition) is 1. The van der Waals surface area contributed by atoms with Gasteiger partial charge in [-0.1, -0.05) is 12.1 Å². The lowest BCUT2D eigenvalue weighted by atomic mass is 10.2. The van der Waals surface area contributed by atoms with Crippen molar-refractivity contribution in [2.24, 2.45) is 0 Å². The predicted molar refractivity (Wildman–Crippen MR) is 90.6 cm³/mol. The highest BCUT2D eigenvalue weighted by molar-refractivity contribution is 5.91. The van der Waals surface area contributed by atoms with Crippen LogP contribution in [0.3, 0.4) is 0 Å². The molecule has 24 heavy (non-hydrogen) atoms. The molecule has 1 unspecified atom stereocenters. The lowest BCUT2D eigenvalue weighted by Crippen LogP contribution is -2.40. The lowest BCUT2D eigenvalue weighted by Gasteiger charge is -2.22. The fourth-order valence-electron chi connectivity index (χ4n) is 3.14.